The maximum absolute atomic E-state index is 11.5. The average Bonchev–Trinajstić information content (AvgIpc) is 2.69. The highest BCUT2D eigenvalue weighted by atomic mass is 16.3. The lowest BCUT2D eigenvalue weighted by Gasteiger charge is -2.00. The molecule has 0 radical (unpaired) electrons. The topological polar surface area (TPSA) is 85.3 Å². The predicted octanol–water partition coefficient (Wildman–Crippen LogP) is 2.05. The molecule has 2 aromatic rings. The number of nitrogens with one attached hydrogen (secondary N) is 1. The SMILES string of the molecule is C/C=C/C(=O)Nc1c(C(N)=O)oc2ccccc12. The van der Waals surface area contributed by atoms with Gasteiger partial charge < -0.3 is 15.5 Å². The van der Waals surface area contributed by atoms with Crippen LogP contribution in [0.2, 0.25) is 0 Å². The Bertz CT molecular complexity index is 641. The van der Waals surface area contributed by atoms with Crippen LogP contribution in [0, 0.1) is 0 Å². The van der Waals surface area contributed by atoms with E-state index in [4.69, 9.17) is 10.2 Å². The van der Waals surface area contributed by atoms with Gasteiger partial charge in [0.15, 0.2) is 0 Å². The minimum atomic E-state index is -0.720. The number of benzene rings is 1. The number of furan rings is 1. The standard InChI is InChI=1S/C13H12N2O3/c1-2-5-10(16)15-11-8-6-3-4-7-9(8)18-12(11)13(14)17/h2-7H,1H3,(H2,14,17)(H,15,16)/b5-2+. The van der Waals surface area contributed by atoms with E-state index in [1.165, 1.54) is 6.08 Å². The summed E-state index contributed by atoms with van der Waals surface area (Å²) in [6, 6.07) is 7.01. The molecule has 1 heterocycles. The highest BCUT2D eigenvalue weighted by Crippen LogP contribution is 2.30. The molecular weight excluding hydrogens is 232 g/mol. The number of anilines is 1. The summed E-state index contributed by atoms with van der Waals surface area (Å²) in [4.78, 5) is 22.8. The molecule has 18 heavy (non-hydrogen) atoms. The number of hydrogen-bond acceptors (Lipinski definition) is 3. The molecule has 1 aromatic carbocycles. The second kappa shape index (κ2) is 4.75. The normalized spacial score (nSPS) is 10.9. The number of fused-ring (bicyclic) bond motifs is 1. The van der Waals surface area contributed by atoms with Gasteiger partial charge >= 0.3 is 0 Å². The van der Waals surface area contributed by atoms with Gasteiger partial charge in [-0.3, -0.25) is 9.59 Å². The highest BCUT2D eigenvalue weighted by molar-refractivity contribution is 6.12. The van der Waals surface area contributed by atoms with E-state index < -0.39 is 5.91 Å². The number of carbonyl (C=O) groups excluding carboxylic acids is 2. The van der Waals surface area contributed by atoms with Gasteiger partial charge in [0.25, 0.3) is 5.91 Å². The molecule has 5 heteroatoms. The molecule has 92 valence electrons. The molecule has 0 spiro atoms. The van der Waals surface area contributed by atoms with Crippen LogP contribution in [0.15, 0.2) is 40.8 Å². The number of hydrogen-bond donors (Lipinski definition) is 2. The fourth-order valence-electron chi connectivity index (χ4n) is 1.66. The molecule has 2 amide bonds. The molecule has 0 bridgehead atoms. The van der Waals surface area contributed by atoms with Gasteiger partial charge in [-0.1, -0.05) is 18.2 Å². The number of carbonyl (C=O) groups is 2. The third-order valence-electron chi connectivity index (χ3n) is 2.39. The maximum Gasteiger partial charge on any atom is 0.286 e. The van der Waals surface area contributed by atoms with E-state index in [2.05, 4.69) is 5.32 Å². The summed E-state index contributed by atoms with van der Waals surface area (Å²) in [6.45, 7) is 1.72. The van der Waals surface area contributed by atoms with Crippen LogP contribution in [0.4, 0.5) is 5.69 Å². The molecule has 2 rings (SSSR count). The summed E-state index contributed by atoms with van der Waals surface area (Å²) in [5, 5.41) is 3.24. The lowest BCUT2D eigenvalue weighted by atomic mass is 10.2. The second-order valence-electron chi connectivity index (χ2n) is 3.66. The van der Waals surface area contributed by atoms with E-state index in [0.717, 1.165) is 0 Å². The lowest BCUT2D eigenvalue weighted by molar-refractivity contribution is -0.111. The number of allylic oxidation sites excluding steroid dienone is 1. The minimum Gasteiger partial charge on any atom is -0.449 e. The molecule has 0 aliphatic heterocycles. The Morgan fingerprint density at radius 1 is 1.33 bits per heavy atom. The first-order valence-electron chi connectivity index (χ1n) is 5.38. The molecular formula is C13H12N2O3. The van der Waals surface area contributed by atoms with E-state index in [0.29, 0.717) is 16.7 Å². The zero-order valence-electron chi connectivity index (χ0n) is 9.77. The van der Waals surface area contributed by atoms with Gasteiger partial charge in [0.2, 0.25) is 11.7 Å². The molecule has 0 saturated carbocycles. The van der Waals surface area contributed by atoms with Crippen molar-refractivity contribution in [3.8, 4) is 0 Å². The quantitative estimate of drug-likeness (QED) is 0.810. The molecule has 0 aliphatic rings. The lowest BCUT2D eigenvalue weighted by Crippen LogP contribution is -2.15. The summed E-state index contributed by atoms with van der Waals surface area (Å²) >= 11 is 0. The summed E-state index contributed by atoms with van der Waals surface area (Å²) in [6.07, 6.45) is 2.95. The van der Waals surface area contributed by atoms with Crippen molar-refractivity contribution in [1.82, 2.24) is 0 Å². The smallest absolute Gasteiger partial charge is 0.286 e. The first kappa shape index (κ1) is 11.9. The van der Waals surface area contributed by atoms with Crippen molar-refractivity contribution in [3.05, 3.63) is 42.2 Å². The van der Waals surface area contributed by atoms with E-state index >= 15 is 0 Å². The summed E-state index contributed by atoms with van der Waals surface area (Å²) < 4.78 is 5.33. The van der Waals surface area contributed by atoms with Crippen molar-refractivity contribution >= 4 is 28.5 Å². The van der Waals surface area contributed by atoms with Crippen LogP contribution >= 0.6 is 0 Å². The van der Waals surface area contributed by atoms with E-state index in [9.17, 15) is 9.59 Å². The van der Waals surface area contributed by atoms with Crippen molar-refractivity contribution in [3.63, 3.8) is 0 Å². The number of para-hydroxylation sites is 1. The van der Waals surface area contributed by atoms with Crippen molar-refractivity contribution in [1.29, 1.82) is 0 Å². The zero-order chi connectivity index (χ0) is 13.1. The first-order chi connectivity index (χ1) is 8.63. The van der Waals surface area contributed by atoms with Gasteiger partial charge in [-0.15, -0.1) is 0 Å². The Hall–Kier alpha value is -2.56. The van der Waals surface area contributed by atoms with Gasteiger partial charge in [0.05, 0.1) is 0 Å². The number of nitrogens with two attached hydrogens (primary N) is 1. The van der Waals surface area contributed by atoms with Crippen LogP contribution in [0.5, 0.6) is 0 Å². The van der Waals surface area contributed by atoms with Crippen LogP contribution in [-0.4, -0.2) is 11.8 Å². The fraction of sp³-hybridized carbons (Fsp3) is 0.0769. The molecule has 1 aromatic heterocycles. The Labute approximate surface area is 103 Å². The molecule has 0 saturated heterocycles. The monoisotopic (exact) mass is 244 g/mol. The molecule has 0 fully saturated rings. The number of primary amides is 1. The third-order valence-corrected chi connectivity index (χ3v) is 2.39. The Kier molecular flexibility index (Phi) is 3.14. The number of amides is 2. The predicted molar refractivity (Wildman–Crippen MR) is 68.2 cm³/mol. The van der Waals surface area contributed by atoms with E-state index in [-0.39, 0.29) is 11.7 Å². The van der Waals surface area contributed by atoms with Crippen molar-refractivity contribution in [2.75, 3.05) is 5.32 Å². The number of rotatable bonds is 3. The van der Waals surface area contributed by atoms with E-state index in [1.54, 1.807) is 37.3 Å². The summed E-state index contributed by atoms with van der Waals surface area (Å²) in [5.74, 6) is -1.11. The second-order valence-corrected chi connectivity index (χ2v) is 3.66. The Balaban J connectivity index is 2.55. The molecule has 3 N–H and O–H groups in total. The van der Waals surface area contributed by atoms with Crippen molar-refractivity contribution in [2.45, 2.75) is 6.92 Å². The van der Waals surface area contributed by atoms with Gasteiger partial charge in [-0.2, -0.15) is 0 Å². The van der Waals surface area contributed by atoms with Gasteiger partial charge in [0.1, 0.15) is 11.3 Å². The summed E-state index contributed by atoms with van der Waals surface area (Å²) in [5.41, 5.74) is 6.03. The van der Waals surface area contributed by atoms with Gasteiger partial charge in [-0.05, 0) is 25.1 Å². The van der Waals surface area contributed by atoms with Crippen LogP contribution in [-0.2, 0) is 4.79 Å². The third kappa shape index (κ3) is 2.10. The van der Waals surface area contributed by atoms with Crippen LogP contribution in [0.25, 0.3) is 11.0 Å². The summed E-state index contributed by atoms with van der Waals surface area (Å²) in [7, 11) is 0. The van der Waals surface area contributed by atoms with Crippen molar-refractivity contribution < 1.29 is 14.0 Å². The highest BCUT2D eigenvalue weighted by Gasteiger charge is 2.19. The molecule has 0 atom stereocenters. The average molecular weight is 244 g/mol. The minimum absolute atomic E-state index is 0.0472. The maximum atomic E-state index is 11.5. The van der Waals surface area contributed by atoms with Crippen LogP contribution in [0.1, 0.15) is 17.5 Å². The van der Waals surface area contributed by atoms with Crippen molar-refractivity contribution in [2.24, 2.45) is 5.73 Å². The Morgan fingerprint density at radius 2 is 2.06 bits per heavy atom. The zero-order valence-corrected chi connectivity index (χ0v) is 9.77. The molecule has 0 unspecified atom stereocenters. The van der Waals surface area contributed by atoms with Gasteiger partial charge in [0, 0.05) is 5.39 Å². The molecule has 5 nitrogen and oxygen atoms in total. The van der Waals surface area contributed by atoms with E-state index in [1.807, 2.05) is 0 Å². The fourth-order valence-corrected chi connectivity index (χ4v) is 1.66. The largest absolute Gasteiger partial charge is 0.449 e. The Morgan fingerprint density at radius 3 is 2.72 bits per heavy atom. The first-order valence-corrected chi connectivity index (χ1v) is 5.38. The van der Waals surface area contributed by atoms with Crippen LogP contribution in [0.3, 0.4) is 0 Å². The van der Waals surface area contributed by atoms with Gasteiger partial charge in [-0.25, -0.2) is 0 Å². The molecule has 0 aliphatic carbocycles. The van der Waals surface area contributed by atoms with Crippen LogP contribution < -0.4 is 11.1 Å².